The van der Waals surface area contributed by atoms with Gasteiger partial charge in [0.2, 0.25) is 5.95 Å². The molecule has 0 fully saturated rings. The van der Waals surface area contributed by atoms with E-state index < -0.39 is 17.2 Å². The molecule has 0 radical (unpaired) electrons. The summed E-state index contributed by atoms with van der Waals surface area (Å²) >= 11 is 0. The Balaban J connectivity index is 1.84. The SMILES string of the molecule is CC(C)(O)c1cc(Nc2ncn(-c3cc(F)cc(F)c3)n2)ccn1. The highest BCUT2D eigenvalue weighted by Gasteiger charge is 2.18. The largest absolute Gasteiger partial charge is 0.384 e. The molecule has 2 heterocycles. The third-order valence-electron chi connectivity index (χ3n) is 3.25. The summed E-state index contributed by atoms with van der Waals surface area (Å²) in [7, 11) is 0. The van der Waals surface area contributed by atoms with Crippen LogP contribution in [-0.4, -0.2) is 24.9 Å². The minimum atomic E-state index is -1.08. The molecule has 3 aromatic rings. The summed E-state index contributed by atoms with van der Waals surface area (Å²) in [5.41, 5.74) is 0.258. The molecule has 0 aliphatic rings. The van der Waals surface area contributed by atoms with Crippen LogP contribution in [0.1, 0.15) is 19.5 Å². The van der Waals surface area contributed by atoms with Gasteiger partial charge in [-0.3, -0.25) is 4.98 Å². The monoisotopic (exact) mass is 331 g/mol. The van der Waals surface area contributed by atoms with Crippen molar-refractivity contribution in [3.63, 3.8) is 0 Å². The number of aromatic nitrogens is 4. The van der Waals surface area contributed by atoms with Crippen molar-refractivity contribution in [3.05, 3.63) is 60.2 Å². The molecule has 0 unspecified atom stereocenters. The van der Waals surface area contributed by atoms with Crippen LogP contribution in [0.2, 0.25) is 0 Å². The molecule has 124 valence electrons. The third kappa shape index (κ3) is 3.54. The van der Waals surface area contributed by atoms with Gasteiger partial charge in [-0.05, 0) is 38.1 Å². The van der Waals surface area contributed by atoms with Crippen molar-refractivity contribution in [1.82, 2.24) is 19.7 Å². The molecule has 6 nitrogen and oxygen atoms in total. The zero-order chi connectivity index (χ0) is 17.3. The Morgan fingerprint density at radius 1 is 1.08 bits per heavy atom. The smallest absolute Gasteiger partial charge is 0.246 e. The molecule has 0 saturated heterocycles. The molecule has 2 aromatic heterocycles. The second-order valence-electron chi connectivity index (χ2n) is 5.75. The maximum Gasteiger partial charge on any atom is 0.246 e. The number of anilines is 2. The molecule has 8 heteroatoms. The number of benzene rings is 1. The van der Waals surface area contributed by atoms with Crippen molar-refractivity contribution in [2.24, 2.45) is 0 Å². The van der Waals surface area contributed by atoms with E-state index in [1.807, 2.05) is 0 Å². The predicted molar refractivity (Wildman–Crippen MR) is 84.0 cm³/mol. The molecular weight excluding hydrogens is 316 g/mol. The van der Waals surface area contributed by atoms with Crippen molar-refractivity contribution in [1.29, 1.82) is 0 Å². The number of halogens is 2. The molecule has 3 rings (SSSR count). The van der Waals surface area contributed by atoms with Gasteiger partial charge in [-0.15, -0.1) is 5.10 Å². The lowest BCUT2D eigenvalue weighted by molar-refractivity contribution is 0.0739. The molecule has 2 N–H and O–H groups in total. The number of pyridine rings is 1. The Kier molecular flexibility index (Phi) is 3.98. The third-order valence-corrected chi connectivity index (χ3v) is 3.25. The summed E-state index contributed by atoms with van der Waals surface area (Å²) in [4.78, 5) is 8.16. The van der Waals surface area contributed by atoms with E-state index >= 15 is 0 Å². The van der Waals surface area contributed by atoms with Gasteiger partial charge in [0.1, 0.15) is 23.6 Å². The van der Waals surface area contributed by atoms with Crippen molar-refractivity contribution >= 4 is 11.6 Å². The highest BCUT2D eigenvalue weighted by Crippen LogP contribution is 2.21. The predicted octanol–water partition coefficient (Wildman–Crippen LogP) is 2.91. The molecule has 0 spiro atoms. The molecule has 0 amide bonds. The van der Waals surface area contributed by atoms with Crippen molar-refractivity contribution in [3.8, 4) is 5.69 Å². The van der Waals surface area contributed by atoms with Crippen molar-refractivity contribution < 1.29 is 13.9 Å². The molecule has 0 aliphatic heterocycles. The van der Waals surface area contributed by atoms with E-state index in [4.69, 9.17) is 0 Å². The van der Waals surface area contributed by atoms with E-state index in [1.54, 1.807) is 32.2 Å². The van der Waals surface area contributed by atoms with Crippen LogP contribution >= 0.6 is 0 Å². The van der Waals surface area contributed by atoms with Crippen LogP contribution in [-0.2, 0) is 5.60 Å². The van der Waals surface area contributed by atoms with Crippen LogP contribution in [0, 0.1) is 11.6 Å². The standard InChI is InChI=1S/C16H15F2N5O/c1-16(2,24)14-8-12(3-4-19-14)21-15-20-9-23(22-15)13-6-10(17)5-11(18)7-13/h3-9,24H,1-2H3,(H,19,21,22). The summed E-state index contributed by atoms with van der Waals surface area (Å²) < 4.78 is 27.8. The van der Waals surface area contributed by atoms with Gasteiger partial charge in [0, 0.05) is 18.0 Å². The van der Waals surface area contributed by atoms with Gasteiger partial charge in [0.15, 0.2) is 0 Å². The zero-order valence-corrected chi connectivity index (χ0v) is 13.0. The van der Waals surface area contributed by atoms with Crippen LogP contribution in [0.5, 0.6) is 0 Å². The number of nitrogens with one attached hydrogen (secondary N) is 1. The Hall–Kier alpha value is -2.87. The Morgan fingerprint density at radius 3 is 2.46 bits per heavy atom. The van der Waals surface area contributed by atoms with Gasteiger partial charge in [-0.25, -0.2) is 13.5 Å². The maximum atomic E-state index is 13.3. The normalized spacial score (nSPS) is 11.5. The lowest BCUT2D eigenvalue weighted by Gasteiger charge is -2.17. The summed E-state index contributed by atoms with van der Waals surface area (Å²) in [5, 5.41) is 17.1. The minimum Gasteiger partial charge on any atom is -0.384 e. The number of hydrogen-bond acceptors (Lipinski definition) is 5. The molecule has 0 saturated carbocycles. The minimum absolute atomic E-state index is 0.222. The zero-order valence-electron chi connectivity index (χ0n) is 13.0. The first kappa shape index (κ1) is 16.0. The van der Waals surface area contributed by atoms with E-state index in [2.05, 4.69) is 20.4 Å². The highest BCUT2D eigenvalue weighted by atomic mass is 19.1. The topological polar surface area (TPSA) is 75.9 Å². The van der Waals surface area contributed by atoms with Gasteiger partial charge in [0.25, 0.3) is 0 Å². The van der Waals surface area contributed by atoms with Gasteiger partial charge >= 0.3 is 0 Å². The van der Waals surface area contributed by atoms with Gasteiger partial charge in [-0.2, -0.15) is 4.98 Å². The average Bonchev–Trinajstić information content (AvgIpc) is 2.94. The van der Waals surface area contributed by atoms with E-state index in [0.717, 1.165) is 18.2 Å². The Labute approximate surface area is 136 Å². The van der Waals surface area contributed by atoms with Crippen LogP contribution in [0.25, 0.3) is 5.69 Å². The van der Waals surface area contributed by atoms with Crippen LogP contribution < -0.4 is 5.32 Å². The molecule has 0 bridgehead atoms. The number of aliphatic hydroxyl groups is 1. The molecule has 0 atom stereocenters. The van der Waals surface area contributed by atoms with E-state index in [1.165, 1.54) is 11.0 Å². The van der Waals surface area contributed by atoms with Crippen molar-refractivity contribution in [2.45, 2.75) is 19.4 Å². The van der Waals surface area contributed by atoms with Crippen LogP contribution in [0.3, 0.4) is 0 Å². The lowest BCUT2D eigenvalue weighted by atomic mass is 10.0. The van der Waals surface area contributed by atoms with Crippen LogP contribution in [0.15, 0.2) is 42.9 Å². The molecular formula is C16H15F2N5O. The summed E-state index contributed by atoms with van der Waals surface area (Å²) in [5.74, 6) is -1.15. The number of nitrogens with zero attached hydrogens (tertiary/aromatic N) is 4. The lowest BCUT2D eigenvalue weighted by Crippen LogP contribution is -2.17. The first-order valence-electron chi connectivity index (χ1n) is 7.15. The van der Waals surface area contributed by atoms with E-state index in [-0.39, 0.29) is 11.6 Å². The van der Waals surface area contributed by atoms with Gasteiger partial charge in [0.05, 0.1) is 11.4 Å². The maximum absolute atomic E-state index is 13.3. The quantitative estimate of drug-likeness (QED) is 0.769. The second-order valence-corrected chi connectivity index (χ2v) is 5.75. The first-order chi connectivity index (χ1) is 11.3. The fourth-order valence-electron chi connectivity index (χ4n) is 2.09. The Bertz CT molecular complexity index is 853. The summed E-state index contributed by atoms with van der Waals surface area (Å²) in [6.07, 6.45) is 2.89. The average molecular weight is 331 g/mol. The fraction of sp³-hybridized carbons (Fsp3) is 0.188. The highest BCUT2D eigenvalue weighted by molar-refractivity contribution is 5.53. The number of rotatable bonds is 4. The summed E-state index contributed by atoms with van der Waals surface area (Å²) in [6, 6.07) is 6.45. The second kappa shape index (κ2) is 5.97. The van der Waals surface area contributed by atoms with Gasteiger partial charge < -0.3 is 10.4 Å². The summed E-state index contributed by atoms with van der Waals surface area (Å²) in [6.45, 7) is 3.26. The van der Waals surface area contributed by atoms with Crippen molar-refractivity contribution in [2.75, 3.05) is 5.32 Å². The molecule has 0 aliphatic carbocycles. The van der Waals surface area contributed by atoms with Gasteiger partial charge in [-0.1, -0.05) is 0 Å². The Morgan fingerprint density at radius 2 is 1.79 bits per heavy atom. The number of hydrogen-bond donors (Lipinski definition) is 2. The van der Waals surface area contributed by atoms with E-state index in [9.17, 15) is 13.9 Å². The molecule has 24 heavy (non-hydrogen) atoms. The first-order valence-corrected chi connectivity index (χ1v) is 7.15. The molecule has 1 aromatic carbocycles. The van der Waals surface area contributed by atoms with E-state index in [0.29, 0.717) is 11.4 Å². The van der Waals surface area contributed by atoms with Crippen LogP contribution in [0.4, 0.5) is 20.4 Å². The fourth-order valence-corrected chi connectivity index (χ4v) is 2.09.